The predicted molar refractivity (Wildman–Crippen MR) is 106 cm³/mol. The second-order valence-electron chi connectivity index (χ2n) is 7.72. The fraction of sp³-hybridized carbons (Fsp3) is 0.550. The summed E-state index contributed by atoms with van der Waals surface area (Å²) in [6.45, 7) is 11.2. The summed E-state index contributed by atoms with van der Waals surface area (Å²) in [6.07, 6.45) is -0.819. The van der Waals surface area contributed by atoms with Crippen molar-refractivity contribution in [2.24, 2.45) is 0 Å². The van der Waals surface area contributed by atoms with E-state index in [1.54, 1.807) is 17.2 Å². The van der Waals surface area contributed by atoms with E-state index in [4.69, 9.17) is 9.90 Å². The van der Waals surface area contributed by atoms with Crippen LogP contribution in [0, 0.1) is 0 Å². The Hall–Kier alpha value is -2.82. The lowest BCUT2D eigenvalue weighted by atomic mass is 9.90. The number of H-pyrrole nitrogens is 1. The van der Waals surface area contributed by atoms with Gasteiger partial charge in [0.2, 0.25) is 5.91 Å². The van der Waals surface area contributed by atoms with Crippen LogP contribution in [0.15, 0.2) is 31.0 Å². The molecule has 2 aliphatic heterocycles. The molecular formula is C20H27F3N4O4. The Morgan fingerprint density at radius 1 is 1.32 bits per heavy atom. The maximum Gasteiger partial charge on any atom is 0.490 e. The summed E-state index contributed by atoms with van der Waals surface area (Å²) in [4.78, 5) is 43.7. The summed E-state index contributed by atoms with van der Waals surface area (Å²) in [6, 6.07) is 3.77. The SMILES string of the molecule is C=CCN1CCN(C(C)C)C(=O)C12CCN(C(=O)c1ccc[nH]1)C2.O=C(O)C(F)(F)F. The summed E-state index contributed by atoms with van der Waals surface area (Å²) in [7, 11) is 0. The fourth-order valence-electron chi connectivity index (χ4n) is 3.89. The fourth-order valence-corrected chi connectivity index (χ4v) is 3.89. The number of alkyl halides is 3. The number of aliphatic carboxylic acids is 1. The molecule has 172 valence electrons. The van der Waals surface area contributed by atoms with E-state index < -0.39 is 17.7 Å². The smallest absolute Gasteiger partial charge is 0.475 e. The molecule has 1 aromatic heterocycles. The van der Waals surface area contributed by atoms with Gasteiger partial charge < -0.3 is 19.9 Å². The van der Waals surface area contributed by atoms with Crippen LogP contribution in [0.5, 0.6) is 0 Å². The van der Waals surface area contributed by atoms with Crippen LogP contribution in [-0.2, 0) is 9.59 Å². The first-order valence-electron chi connectivity index (χ1n) is 9.84. The van der Waals surface area contributed by atoms with Crippen LogP contribution in [0.2, 0.25) is 0 Å². The molecule has 3 heterocycles. The second-order valence-corrected chi connectivity index (χ2v) is 7.72. The van der Waals surface area contributed by atoms with Gasteiger partial charge in [-0.25, -0.2) is 4.79 Å². The number of carboxylic acid groups (broad SMARTS) is 1. The number of rotatable bonds is 4. The zero-order chi connectivity index (χ0) is 23.4. The summed E-state index contributed by atoms with van der Waals surface area (Å²) in [5, 5.41) is 7.12. The minimum absolute atomic E-state index is 0.0371. The number of carbonyl (C=O) groups excluding carboxylic acids is 2. The van der Waals surface area contributed by atoms with Crippen molar-refractivity contribution in [2.75, 3.05) is 32.7 Å². The maximum absolute atomic E-state index is 13.2. The zero-order valence-corrected chi connectivity index (χ0v) is 17.5. The molecule has 3 rings (SSSR count). The number of carbonyl (C=O) groups is 3. The van der Waals surface area contributed by atoms with Crippen molar-refractivity contribution in [3.05, 3.63) is 36.7 Å². The van der Waals surface area contributed by atoms with Crippen LogP contribution in [0.1, 0.15) is 30.8 Å². The Balaban J connectivity index is 0.000000423. The van der Waals surface area contributed by atoms with Gasteiger partial charge in [-0.05, 0) is 32.4 Å². The number of halogens is 3. The second kappa shape index (κ2) is 9.54. The third-order valence-corrected chi connectivity index (χ3v) is 5.45. The molecule has 1 spiro atoms. The Morgan fingerprint density at radius 3 is 2.45 bits per heavy atom. The highest BCUT2D eigenvalue weighted by atomic mass is 19.4. The summed E-state index contributed by atoms with van der Waals surface area (Å²) in [5.41, 5.74) is -0.0369. The van der Waals surface area contributed by atoms with E-state index in [-0.39, 0.29) is 17.9 Å². The van der Waals surface area contributed by atoms with Gasteiger partial charge in [0.25, 0.3) is 5.91 Å². The largest absolute Gasteiger partial charge is 0.490 e. The van der Waals surface area contributed by atoms with Crippen LogP contribution >= 0.6 is 0 Å². The molecule has 2 saturated heterocycles. The Kier molecular flexibility index (Phi) is 7.53. The van der Waals surface area contributed by atoms with Crippen LogP contribution in [0.25, 0.3) is 0 Å². The molecule has 0 bridgehead atoms. The van der Waals surface area contributed by atoms with Gasteiger partial charge in [-0.3, -0.25) is 14.5 Å². The summed E-state index contributed by atoms with van der Waals surface area (Å²) in [5.74, 6) is -2.65. The predicted octanol–water partition coefficient (Wildman–Crippen LogP) is 1.97. The highest BCUT2D eigenvalue weighted by Gasteiger charge is 2.54. The first-order valence-corrected chi connectivity index (χ1v) is 9.84. The van der Waals surface area contributed by atoms with Crippen LogP contribution < -0.4 is 0 Å². The summed E-state index contributed by atoms with van der Waals surface area (Å²) < 4.78 is 31.7. The minimum atomic E-state index is -5.08. The zero-order valence-electron chi connectivity index (χ0n) is 17.5. The molecule has 0 aromatic carbocycles. The average molecular weight is 444 g/mol. The quantitative estimate of drug-likeness (QED) is 0.693. The molecule has 2 fully saturated rings. The number of nitrogens with one attached hydrogen (secondary N) is 1. The van der Waals surface area contributed by atoms with Gasteiger partial charge in [0.1, 0.15) is 11.2 Å². The first kappa shape index (κ1) is 24.4. The molecule has 2 amide bonds. The number of hydrogen-bond donors (Lipinski definition) is 2. The third kappa shape index (κ3) is 5.27. The Labute approximate surface area is 178 Å². The normalized spacial score (nSPS) is 21.9. The molecule has 0 aliphatic carbocycles. The molecule has 2 N–H and O–H groups in total. The topological polar surface area (TPSA) is 97.0 Å². The number of aromatic nitrogens is 1. The van der Waals surface area contributed by atoms with E-state index in [9.17, 15) is 22.8 Å². The van der Waals surface area contributed by atoms with Crippen molar-refractivity contribution in [3.8, 4) is 0 Å². The van der Waals surface area contributed by atoms with Gasteiger partial charge in [0.05, 0.1) is 0 Å². The minimum Gasteiger partial charge on any atom is -0.475 e. The highest BCUT2D eigenvalue weighted by Crippen LogP contribution is 2.34. The van der Waals surface area contributed by atoms with Gasteiger partial charge in [0.15, 0.2) is 0 Å². The molecular weight excluding hydrogens is 417 g/mol. The Morgan fingerprint density at radius 2 is 1.97 bits per heavy atom. The maximum atomic E-state index is 13.2. The van der Waals surface area contributed by atoms with Gasteiger partial charge in [-0.15, -0.1) is 6.58 Å². The van der Waals surface area contributed by atoms with E-state index in [0.717, 1.165) is 13.1 Å². The van der Waals surface area contributed by atoms with Gasteiger partial charge in [-0.2, -0.15) is 13.2 Å². The molecule has 31 heavy (non-hydrogen) atoms. The first-order chi connectivity index (χ1) is 14.4. The lowest BCUT2D eigenvalue weighted by Gasteiger charge is -2.48. The number of likely N-dealkylation sites (tertiary alicyclic amines) is 1. The van der Waals surface area contributed by atoms with Crippen LogP contribution in [-0.4, -0.2) is 93.1 Å². The third-order valence-electron chi connectivity index (χ3n) is 5.45. The molecule has 1 aromatic rings. The van der Waals surface area contributed by atoms with Gasteiger partial charge in [-0.1, -0.05) is 6.08 Å². The van der Waals surface area contributed by atoms with Crippen molar-refractivity contribution in [1.29, 1.82) is 0 Å². The highest BCUT2D eigenvalue weighted by molar-refractivity contribution is 5.95. The Bertz CT molecular complexity index is 810. The van der Waals surface area contributed by atoms with Gasteiger partial charge >= 0.3 is 12.1 Å². The van der Waals surface area contributed by atoms with Crippen molar-refractivity contribution in [3.63, 3.8) is 0 Å². The van der Waals surface area contributed by atoms with Crippen LogP contribution in [0.4, 0.5) is 13.2 Å². The lowest BCUT2D eigenvalue weighted by molar-refractivity contribution is -0.192. The molecule has 2 aliphatic rings. The lowest BCUT2D eigenvalue weighted by Crippen LogP contribution is -2.68. The van der Waals surface area contributed by atoms with Crippen molar-refractivity contribution >= 4 is 17.8 Å². The van der Waals surface area contributed by atoms with Crippen molar-refractivity contribution in [2.45, 2.75) is 38.0 Å². The molecule has 0 saturated carbocycles. The van der Waals surface area contributed by atoms with E-state index >= 15 is 0 Å². The molecule has 1 unspecified atom stereocenters. The van der Waals surface area contributed by atoms with E-state index in [1.807, 2.05) is 30.9 Å². The van der Waals surface area contributed by atoms with E-state index in [0.29, 0.717) is 31.7 Å². The van der Waals surface area contributed by atoms with Gasteiger partial charge in [0, 0.05) is 45.0 Å². The van der Waals surface area contributed by atoms with Crippen molar-refractivity contribution in [1.82, 2.24) is 19.7 Å². The standard InChI is InChI=1S/C18H26N4O2.C2HF3O2/c1-4-9-21-11-12-22(14(2)3)17(24)18(21)7-10-20(13-18)16(23)15-6-5-8-19-15;3-2(4,5)1(6)7/h4-6,8,14,19H,1,7,9-13H2,2-3H3;(H,6,7). The molecule has 8 nitrogen and oxygen atoms in total. The number of aromatic amines is 1. The molecule has 1 atom stereocenters. The number of hydrogen-bond acceptors (Lipinski definition) is 4. The number of nitrogens with zero attached hydrogens (tertiary/aromatic N) is 3. The van der Waals surface area contributed by atoms with Crippen molar-refractivity contribution < 1.29 is 32.7 Å². The number of piperazine rings is 1. The van der Waals surface area contributed by atoms with E-state index in [1.165, 1.54) is 0 Å². The number of carboxylic acids is 1. The monoisotopic (exact) mass is 444 g/mol. The summed E-state index contributed by atoms with van der Waals surface area (Å²) >= 11 is 0. The molecule has 0 radical (unpaired) electrons. The van der Waals surface area contributed by atoms with E-state index in [2.05, 4.69) is 16.5 Å². The number of amides is 2. The van der Waals surface area contributed by atoms with Crippen LogP contribution in [0.3, 0.4) is 0 Å². The average Bonchev–Trinajstić information content (AvgIpc) is 3.36. The molecule has 11 heteroatoms.